The summed E-state index contributed by atoms with van der Waals surface area (Å²) in [6.45, 7) is 1.92. The van der Waals surface area contributed by atoms with Crippen molar-refractivity contribution in [3.8, 4) is 5.75 Å². The van der Waals surface area contributed by atoms with Gasteiger partial charge >= 0.3 is 0 Å². The van der Waals surface area contributed by atoms with Crippen molar-refractivity contribution in [2.24, 2.45) is 0 Å². The summed E-state index contributed by atoms with van der Waals surface area (Å²) in [7, 11) is 1.60. The molecule has 1 aromatic carbocycles. The number of aromatic amines is 1. The maximum Gasteiger partial charge on any atom is 0.184 e. The number of hydrogen-bond donors (Lipinski definition) is 3. The highest BCUT2D eigenvalue weighted by Crippen LogP contribution is 2.25. The maximum atomic E-state index is 10.7. The average molecular weight is 350 g/mol. The van der Waals surface area contributed by atoms with Crippen molar-refractivity contribution in [2.45, 2.75) is 13.0 Å². The van der Waals surface area contributed by atoms with E-state index in [2.05, 4.69) is 25.6 Å². The number of fused-ring (bicyclic) bond motifs is 1. The zero-order chi connectivity index (χ0) is 18.1. The van der Waals surface area contributed by atoms with E-state index in [4.69, 9.17) is 4.74 Å². The van der Waals surface area contributed by atoms with Crippen molar-refractivity contribution in [2.75, 3.05) is 12.4 Å². The molecular formula is C18H18N6O2. The van der Waals surface area contributed by atoms with Crippen molar-refractivity contribution >= 4 is 17.2 Å². The Morgan fingerprint density at radius 2 is 2.04 bits per heavy atom. The van der Waals surface area contributed by atoms with Gasteiger partial charge in [-0.15, -0.1) is 5.10 Å². The molecule has 8 heteroatoms. The van der Waals surface area contributed by atoms with Crippen LogP contribution >= 0.6 is 0 Å². The van der Waals surface area contributed by atoms with Crippen LogP contribution in [0.4, 0.5) is 11.6 Å². The molecule has 3 aromatic heterocycles. The van der Waals surface area contributed by atoms with Crippen LogP contribution in [0.1, 0.15) is 23.2 Å². The molecule has 4 aromatic rings. The fraction of sp³-hybridized carbons (Fsp3) is 0.167. The Morgan fingerprint density at radius 1 is 1.23 bits per heavy atom. The molecule has 3 N–H and O–H groups in total. The van der Waals surface area contributed by atoms with Gasteiger partial charge in [0.25, 0.3) is 0 Å². The summed E-state index contributed by atoms with van der Waals surface area (Å²) >= 11 is 0. The third kappa shape index (κ3) is 2.98. The number of nitrogens with zero attached hydrogens (tertiary/aromatic N) is 4. The number of benzene rings is 1. The smallest absolute Gasteiger partial charge is 0.184 e. The summed E-state index contributed by atoms with van der Waals surface area (Å²) < 4.78 is 6.83. The van der Waals surface area contributed by atoms with Crippen LogP contribution in [0.3, 0.4) is 0 Å². The van der Waals surface area contributed by atoms with Crippen LogP contribution in [-0.2, 0) is 0 Å². The number of aliphatic hydroxyl groups excluding tert-OH is 1. The van der Waals surface area contributed by atoms with E-state index >= 15 is 0 Å². The van der Waals surface area contributed by atoms with E-state index in [1.165, 1.54) is 0 Å². The van der Waals surface area contributed by atoms with E-state index in [1.807, 2.05) is 31.3 Å². The standard InChI is InChI=1S/C18H18N6O2/c1-11-10-15(22-21-11)19-17-14-4-3-9-24(14)23-18(20-17)16(25)12-5-7-13(26-2)8-6-12/h3-10,16,25H,1-2H3,(H2,19,20,21,22,23). The minimum absolute atomic E-state index is 0.286. The van der Waals surface area contributed by atoms with Gasteiger partial charge in [-0.2, -0.15) is 5.10 Å². The first-order valence-electron chi connectivity index (χ1n) is 8.10. The van der Waals surface area contributed by atoms with Gasteiger partial charge in [0.2, 0.25) is 0 Å². The van der Waals surface area contributed by atoms with Gasteiger partial charge < -0.3 is 15.2 Å². The molecule has 0 saturated carbocycles. The second kappa shape index (κ2) is 6.49. The second-order valence-electron chi connectivity index (χ2n) is 5.89. The van der Waals surface area contributed by atoms with Gasteiger partial charge in [-0.1, -0.05) is 12.1 Å². The van der Waals surface area contributed by atoms with E-state index in [1.54, 1.807) is 35.9 Å². The number of aromatic nitrogens is 5. The molecule has 0 spiro atoms. The van der Waals surface area contributed by atoms with Gasteiger partial charge in [0.15, 0.2) is 17.5 Å². The third-order valence-corrected chi connectivity index (χ3v) is 4.04. The predicted octanol–water partition coefficient (Wildman–Crippen LogP) is 2.59. The zero-order valence-corrected chi connectivity index (χ0v) is 14.3. The predicted molar refractivity (Wildman–Crippen MR) is 96.7 cm³/mol. The Hall–Kier alpha value is -3.39. The van der Waals surface area contributed by atoms with E-state index in [9.17, 15) is 5.11 Å². The van der Waals surface area contributed by atoms with Gasteiger partial charge in [-0.3, -0.25) is 5.10 Å². The van der Waals surface area contributed by atoms with Crippen LogP contribution in [0.25, 0.3) is 5.52 Å². The van der Waals surface area contributed by atoms with Crippen LogP contribution < -0.4 is 10.1 Å². The molecule has 0 bridgehead atoms. The summed E-state index contributed by atoms with van der Waals surface area (Å²) in [5.41, 5.74) is 2.40. The Bertz CT molecular complexity index is 1040. The zero-order valence-electron chi connectivity index (χ0n) is 14.3. The largest absolute Gasteiger partial charge is 0.497 e. The Balaban J connectivity index is 1.72. The van der Waals surface area contributed by atoms with E-state index < -0.39 is 6.10 Å². The number of aliphatic hydroxyl groups is 1. The molecule has 0 aliphatic carbocycles. The Labute approximate surface area is 149 Å². The van der Waals surface area contributed by atoms with Crippen molar-refractivity contribution < 1.29 is 9.84 Å². The molecule has 1 atom stereocenters. The fourth-order valence-electron chi connectivity index (χ4n) is 2.70. The first kappa shape index (κ1) is 16.1. The minimum Gasteiger partial charge on any atom is -0.497 e. The molecule has 8 nitrogen and oxygen atoms in total. The molecule has 0 fully saturated rings. The van der Waals surface area contributed by atoms with Crippen LogP contribution in [-0.4, -0.2) is 37.0 Å². The summed E-state index contributed by atoms with van der Waals surface area (Å²) in [6, 6.07) is 12.8. The lowest BCUT2D eigenvalue weighted by molar-refractivity contribution is 0.208. The third-order valence-electron chi connectivity index (χ3n) is 4.04. The van der Waals surface area contributed by atoms with Crippen molar-refractivity contribution in [1.29, 1.82) is 0 Å². The number of methoxy groups -OCH3 is 1. The van der Waals surface area contributed by atoms with Crippen LogP contribution in [0.5, 0.6) is 5.75 Å². The van der Waals surface area contributed by atoms with Gasteiger partial charge in [0.1, 0.15) is 17.4 Å². The second-order valence-corrected chi connectivity index (χ2v) is 5.89. The molecule has 0 amide bonds. The van der Waals surface area contributed by atoms with Crippen LogP contribution in [0.15, 0.2) is 48.7 Å². The number of ether oxygens (including phenoxy) is 1. The molecule has 0 aliphatic heterocycles. The molecule has 0 saturated heterocycles. The topological polar surface area (TPSA) is 100 Å². The highest BCUT2D eigenvalue weighted by Gasteiger charge is 2.18. The van der Waals surface area contributed by atoms with Gasteiger partial charge in [-0.05, 0) is 36.8 Å². The van der Waals surface area contributed by atoms with E-state index in [0.29, 0.717) is 17.2 Å². The summed E-state index contributed by atoms with van der Waals surface area (Å²) in [5.74, 6) is 2.22. The Kier molecular flexibility index (Phi) is 4.02. The van der Waals surface area contributed by atoms with Crippen molar-refractivity contribution in [3.05, 3.63) is 65.7 Å². The Morgan fingerprint density at radius 3 is 2.73 bits per heavy atom. The van der Waals surface area contributed by atoms with Gasteiger partial charge in [0, 0.05) is 18.0 Å². The number of H-pyrrole nitrogens is 1. The normalized spacial score (nSPS) is 12.3. The average Bonchev–Trinajstić information content (AvgIpc) is 3.30. The number of aryl methyl sites for hydroxylation is 1. The molecule has 1 unspecified atom stereocenters. The summed E-state index contributed by atoms with van der Waals surface area (Å²) in [6.07, 6.45) is 0.844. The number of nitrogens with one attached hydrogen (secondary N) is 2. The molecule has 132 valence electrons. The van der Waals surface area contributed by atoms with Crippen LogP contribution in [0, 0.1) is 6.92 Å². The maximum absolute atomic E-state index is 10.7. The van der Waals surface area contributed by atoms with Crippen LogP contribution in [0.2, 0.25) is 0 Å². The molecular weight excluding hydrogens is 332 g/mol. The van der Waals surface area contributed by atoms with Crippen molar-refractivity contribution in [3.63, 3.8) is 0 Å². The molecule has 0 radical (unpaired) electrons. The lowest BCUT2D eigenvalue weighted by Crippen LogP contribution is -2.11. The summed E-state index contributed by atoms with van der Waals surface area (Å²) in [4.78, 5) is 4.52. The minimum atomic E-state index is -0.964. The number of hydrogen-bond acceptors (Lipinski definition) is 6. The molecule has 26 heavy (non-hydrogen) atoms. The number of anilines is 2. The first-order chi connectivity index (χ1) is 12.6. The highest BCUT2D eigenvalue weighted by molar-refractivity contribution is 5.72. The molecule has 3 heterocycles. The SMILES string of the molecule is COc1ccc(C(O)c2nc(Nc3cc(C)[nH]n3)c3cccn3n2)cc1. The molecule has 4 rings (SSSR count). The van der Waals surface area contributed by atoms with E-state index in [0.717, 1.165) is 17.0 Å². The van der Waals surface area contributed by atoms with Crippen molar-refractivity contribution in [1.82, 2.24) is 24.8 Å². The lowest BCUT2D eigenvalue weighted by Gasteiger charge is -2.13. The fourth-order valence-corrected chi connectivity index (χ4v) is 2.70. The highest BCUT2D eigenvalue weighted by atomic mass is 16.5. The molecule has 0 aliphatic rings. The monoisotopic (exact) mass is 350 g/mol. The quantitative estimate of drug-likeness (QED) is 0.511. The van der Waals surface area contributed by atoms with E-state index in [-0.39, 0.29) is 5.82 Å². The number of rotatable bonds is 5. The van der Waals surface area contributed by atoms with Gasteiger partial charge in [-0.25, -0.2) is 9.50 Å². The van der Waals surface area contributed by atoms with Gasteiger partial charge in [0.05, 0.1) is 7.11 Å². The lowest BCUT2D eigenvalue weighted by atomic mass is 10.1. The summed E-state index contributed by atoms with van der Waals surface area (Å²) in [5, 5.41) is 25.4. The first-order valence-corrected chi connectivity index (χ1v) is 8.10.